The fourth-order valence-corrected chi connectivity index (χ4v) is 10.7. The number of ether oxygens (including phenoxy) is 1. The van der Waals surface area contributed by atoms with Crippen molar-refractivity contribution < 1.29 is 41.9 Å². The van der Waals surface area contributed by atoms with Gasteiger partial charge in [0.25, 0.3) is 17.7 Å². The number of nitrogens with zero attached hydrogens (tertiary/aromatic N) is 3. The minimum absolute atomic E-state index is 0.136. The van der Waals surface area contributed by atoms with Crippen LogP contribution in [0, 0.1) is 0 Å². The van der Waals surface area contributed by atoms with Crippen molar-refractivity contribution in [3.63, 3.8) is 0 Å². The number of piperidine rings is 2. The molecule has 3 atom stereocenters. The van der Waals surface area contributed by atoms with E-state index in [-0.39, 0.29) is 40.9 Å². The summed E-state index contributed by atoms with van der Waals surface area (Å²) in [5.41, 5.74) is 3.78. The molecular weight excluding hydrogens is 994 g/mol. The van der Waals surface area contributed by atoms with Crippen LogP contribution in [0.15, 0.2) is 110 Å². The maximum Gasteiger partial charge on any atom is 0.418 e. The van der Waals surface area contributed by atoms with Gasteiger partial charge in [0, 0.05) is 101 Å². The Morgan fingerprint density at radius 3 is 2.21 bits per heavy atom. The minimum Gasteiger partial charge on any atom is -0.490 e. The molecule has 10 rings (SSSR count). The van der Waals surface area contributed by atoms with Crippen molar-refractivity contribution >= 4 is 46.7 Å². The number of amides is 5. The van der Waals surface area contributed by atoms with E-state index in [1.165, 1.54) is 30.5 Å². The average molecular weight is 1050 g/mol. The number of aromatic amines is 2. The number of benzene rings is 2. The first-order valence-electron chi connectivity index (χ1n) is 25.3. The van der Waals surface area contributed by atoms with Gasteiger partial charge in [0.1, 0.15) is 18.2 Å². The van der Waals surface area contributed by atoms with Gasteiger partial charge < -0.3 is 56.8 Å². The number of halogens is 3. The fraction of sp³-hybridized carbons (Fsp3) is 0.304. The quantitative estimate of drug-likeness (QED) is 0.0517. The fourth-order valence-electron chi connectivity index (χ4n) is 10.7. The normalized spacial score (nSPS) is 20.1. The molecule has 77 heavy (non-hydrogen) atoms. The van der Waals surface area contributed by atoms with Gasteiger partial charge in [0.05, 0.1) is 39.8 Å². The number of carbonyl (C=O) groups is 5. The van der Waals surface area contributed by atoms with Gasteiger partial charge in [-0.25, -0.2) is 4.98 Å². The van der Waals surface area contributed by atoms with E-state index in [0.29, 0.717) is 71.1 Å². The molecule has 5 amide bonds. The highest BCUT2D eigenvalue weighted by Gasteiger charge is 2.48. The Bertz CT molecular complexity index is 3330. The number of nitrogens with one attached hydrogen (secondary N) is 9. The number of likely N-dealkylation sites (N-methyl/N-ethyl adjacent to an activating group) is 1. The Labute approximate surface area is 441 Å². The predicted molar refractivity (Wildman–Crippen MR) is 285 cm³/mol. The maximum absolute atomic E-state index is 14.0. The second kappa shape index (κ2) is 21.3. The highest BCUT2D eigenvalue weighted by atomic mass is 19.4. The molecule has 8 heterocycles. The molecule has 18 nitrogen and oxygen atoms in total. The summed E-state index contributed by atoms with van der Waals surface area (Å²) in [5, 5.41) is 21.1. The Kier molecular flexibility index (Phi) is 14.4. The lowest BCUT2D eigenvalue weighted by atomic mass is 9.68. The first kappa shape index (κ1) is 52.1. The number of carbonyl (C=O) groups excluding carboxylic acids is 5. The van der Waals surface area contributed by atoms with E-state index >= 15 is 0 Å². The van der Waals surface area contributed by atoms with Crippen molar-refractivity contribution in [1.29, 1.82) is 0 Å². The minimum atomic E-state index is -4.74. The van der Waals surface area contributed by atoms with Gasteiger partial charge in [-0.15, -0.1) is 0 Å². The molecule has 9 N–H and O–H groups in total. The molecule has 6 aromatic rings. The van der Waals surface area contributed by atoms with Gasteiger partial charge in [-0.2, -0.15) is 13.2 Å². The van der Waals surface area contributed by atoms with Crippen LogP contribution in [0.1, 0.15) is 73.7 Å². The van der Waals surface area contributed by atoms with Gasteiger partial charge in [0.15, 0.2) is 0 Å². The third-order valence-electron chi connectivity index (χ3n) is 14.7. The molecule has 21 heteroatoms. The summed E-state index contributed by atoms with van der Waals surface area (Å²) < 4.78 is 47.8. The maximum atomic E-state index is 14.0. The summed E-state index contributed by atoms with van der Waals surface area (Å²) in [6.45, 7) is 7.59. The lowest BCUT2D eigenvalue weighted by Crippen LogP contribution is -2.60. The van der Waals surface area contributed by atoms with Crippen molar-refractivity contribution in [2.75, 3.05) is 75.9 Å². The Morgan fingerprint density at radius 1 is 0.779 bits per heavy atom. The highest BCUT2D eigenvalue weighted by molar-refractivity contribution is 6.07. The molecule has 4 aliphatic heterocycles. The van der Waals surface area contributed by atoms with Gasteiger partial charge in [0.2, 0.25) is 11.8 Å². The van der Waals surface area contributed by atoms with Crippen molar-refractivity contribution in [2.45, 2.75) is 48.7 Å². The van der Waals surface area contributed by atoms with E-state index in [4.69, 9.17) is 4.74 Å². The van der Waals surface area contributed by atoms with E-state index in [0.717, 1.165) is 68.0 Å². The topological polar surface area (TPSA) is 239 Å². The molecule has 2 fully saturated rings. The molecule has 4 aliphatic rings. The van der Waals surface area contributed by atoms with Crippen molar-refractivity contribution in [3.8, 4) is 39.5 Å². The molecule has 0 saturated carbocycles. The van der Waals surface area contributed by atoms with Crippen LogP contribution in [0.2, 0.25) is 0 Å². The Morgan fingerprint density at radius 2 is 1.49 bits per heavy atom. The van der Waals surface area contributed by atoms with E-state index in [9.17, 15) is 37.1 Å². The zero-order chi connectivity index (χ0) is 54.1. The van der Waals surface area contributed by atoms with Crippen molar-refractivity contribution in [2.24, 2.45) is 0 Å². The molecule has 2 spiro atoms. The lowest BCUT2D eigenvalue weighted by molar-refractivity contribution is -0.137. The predicted octanol–water partition coefficient (Wildman–Crippen LogP) is 6.76. The van der Waals surface area contributed by atoms with Crippen LogP contribution < -0.4 is 42.0 Å². The Balaban J connectivity index is 0.881. The summed E-state index contributed by atoms with van der Waals surface area (Å²) in [6.07, 6.45) is 5.54. The second-order valence-corrected chi connectivity index (χ2v) is 20.1. The number of hydrogen-bond acceptors (Lipinski definition) is 11. The SMILES string of the molecule is C=CC(=O)Nc1cc(-c2cc(-c3cc4c([nH]3)C3(CCCNC3)C(C=CC(=O)Nc3cc(C(=O)Nc5cc(-c6cc7c([nH]6)C6(CCCNC6)CNC7=O)ccn5)ccc3OCCN(C)C)NC4=O)ccn2)ccc1C(F)(F)F. The van der Waals surface area contributed by atoms with Crippen LogP contribution in [-0.4, -0.2) is 120 Å². The smallest absolute Gasteiger partial charge is 0.418 e. The first-order valence-corrected chi connectivity index (χ1v) is 25.3. The van der Waals surface area contributed by atoms with Crippen LogP contribution in [0.4, 0.5) is 30.4 Å². The number of H-pyrrole nitrogens is 2. The summed E-state index contributed by atoms with van der Waals surface area (Å²) >= 11 is 0. The molecule has 2 aromatic carbocycles. The van der Waals surface area contributed by atoms with Crippen LogP contribution in [0.5, 0.6) is 5.75 Å². The third-order valence-corrected chi connectivity index (χ3v) is 14.7. The number of alkyl halides is 3. The number of anilines is 3. The molecule has 0 bridgehead atoms. The average Bonchev–Trinajstić information content (AvgIpc) is 4.27. The van der Waals surface area contributed by atoms with E-state index in [1.54, 1.807) is 54.7 Å². The van der Waals surface area contributed by atoms with Crippen LogP contribution in [0.25, 0.3) is 33.8 Å². The number of fused-ring (bicyclic) bond motifs is 4. The number of hydrogen-bond donors (Lipinski definition) is 9. The van der Waals surface area contributed by atoms with E-state index in [2.05, 4.69) is 63.7 Å². The summed E-state index contributed by atoms with van der Waals surface area (Å²) in [5.74, 6) is -1.77. The molecule has 2 saturated heterocycles. The molecule has 4 aromatic heterocycles. The zero-order valence-corrected chi connectivity index (χ0v) is 42.3. The molecule has 0 radical (unpaired) electrons. The van der Waals surface area contributed by atoms with Crippen LogP contribution in [-0.2, 0) is 26.6 Å². The number of aromatic nitrogens is 4. The molecular formula is C56H57F3N12O6. The van der Waals surface area contributed by atoms with Gasteiger partial charge in [-0.3, -0.25) is 29.0 Å². The second-order valence-electron chi connectivity index (χ2n) is 20.1. The lowest BCUT2D eigenvalue weighted by Gasteiger charge is -2.45. The third kappa shape index (κ3) is 10.7. The van der Waals surface area contributed by atoms with Crippen LogP contribution >= 0.6 is 0 Å². The van der Waals surface area contributed by atoms with Gasteiger partial charge >= 0.3 is 6.18 Å². The molecule has 3 unspecified atom stereocenters. The summed E-state index contributed by atoms with van der Waals surface area (Å²) in [6, 6.07) is 17.9. The van der Waals surface area contributed by atoms with Gasteiger partial charge in [-0.05, 0) is 126 Å². The standard InChI is InChI=1S/C56H57F3N12O6/c1-4-47(72)65-42-24-32(7-9-38(42)56(57,58)59)39-23-33(13-19-62-39)40-28-37-50(68-40)55(16-6-18-61-31-55)45(69-53(37)76)11-12-48(73)66-43-25-35(8-10-44(43)77-22-21-71(2)3)51(74)70-46-26-34(14-20-63-46)41-27-36-49(67-41)54(30-64-52(36)75)15-5-17-60-29-54/h4,7-14,19-20,23-28,45,60-61,67-68H,1,5-6,15-18,21-22,29-31H2,2-3H3,(H,64,75)(H,65,72)(H,66,73)(H,69,76)(H,63,70,74). The zero-order valence-electron chi connectivity index (χ0n) is 42.3. The summed E-state index contributed by atoms with van der Waals surface area (Å²) in [4.78, 5) is 84.8. The Hall–Kier alpha value is -8.40. The largest absolute Gasteiger partial charge is 0.490 e. The van der Waals surface area contributed by atoms with Crippen molar-refractivity contribution in [3.05, 3.63) is 144 Å². The summed E-state index contributed by atoms with van der Waals surface area (Å²) in [7, 11) is 3.81. The molecule has 398 valence electrons. The number of rotatable bonds is 14. The molecule has 0 aliphatic carbocycles. The van der Waals surface area contributed by atoms with E-state index in [1.807, 2.05) is 25.1 Å². The van der Waals surface area contributed by atoms with Crippen molar-refractivity contribution in [1.82, 2.24) is 46.1 Å². The highest BCUT2D eigenvalue weighted by Crippen LogP contribution is 2.43. The first-order chi connectivity index (χ1) is 37.0. The van der Waals surface area contributed by atoms with Crippen LogP contribution in [0.3, 0.4) is 0 Å². The number of pyridine rings is 2. The van der Waals surface area contributed by atoms with E-state index < -0.39 is 46.6 Å². The van der Waals surface area contributed by atoms with Gasteiger partial charge in [-0.1, -0.05) is 18.7 Å². The monoisotopic (exact) mass is 1050 g/mol.